The number of hydrogen-bond donors (Lipinski definition) is 2. The average Bonchev–Trinajstić information content (AvgIpc) is 2.55. The molecule has 0 atom stereocenters. The molecule has 2 N–H and O–H groups in total. The van der Waals surface area contributed by atoms with Crippen molar-refractivity contribution in [1.82, 2.24) is 5.32 Å². The average molecular weight is 353 g/mol. The number of amides is 1. The minimum Gasteiger partial charge on any atom is -0.496 e. The topological polar surface area (TPSA) is 50.4 Å². The monoisotopic (exact) mass is 352 g/mol. The van der Waals surface area contributed by atoms with Crippen molar-refractivity contribution in [2.45, 2.75) is 13.0 Å². The first-order valence-electron chi connectivity index (χ1n) is 7.17. The highest BCUT2D eigenvalue weighted by Gasteiger charge is 2.05. The summed E-state index contributed by atoms with van der Waals surface area (Å²) in [6.07, 6.45) is 0.357. The fraction of sp³-hybridized carbons (Fsp3) is 0.235. The predicted molar refractivity (Wildman–Crippen MR) is 94.4 cm³/mol. The normalized spacial score (nSPS) is 10.4. The van der Waals surface area contributed by atoms with Gasteiger partial charge in [-0.1, -0.05) is 41.4 Å². The van der Waals surface area contributed by atoms with E-state index >= 15 is 0 Å². The lowest BCUT2D eigenvalue weighted by atomic mass is 10.2. The fourth-order valence-electron chi connectivity index (χ4n) is 2.07. The van der Waals surface area contributed by atoms with Crippen LogP contribution >= 0.6 is 23.2 Å². The molecule has 1 amide bonds. The van der Waals surface area contributed by atoms with Gasteiger partial charge in [0.05, 0.1) is 17.2 Å². The van der Waals surface area contributed by atoms with Crippen molar-refractivity contribution in [3.8, 4) is 5.75 Å². The van der Waals surface area contributed by atoms with Gasteiger partial charge in [0.2, 0.25) is 5.91 Å². The fourth-order valence-corrected chi connectivity index (χ4v) is 2.37. The molecule has 23 heavy (non-hydrogen) atoms. The van der Waals surface area contributed by atoms with E-state index in [0.717, 1.165) is 11.3 Å². The number of carbonyl (C=O) groups excluding carboxylic acids is 1. The molecule has 0 spiro atoms. The van der Waals surface area contributed by atoms with Gasteiger partial charge < -0.3 is 15.4 Å². The van der Waals surface area contributed by atoms with Gasteiger partial charge in [-0.2, -0.15) is 0 Å². The van der Waals surface area contributed by atoms with Crippen molar-refractivity contribution in [3.05, 3.63) is 58.1 Å². The van der Waals surface area contributed by atoms with Gasteiger partial charge in [0.1, 0.15) is 5.75 Å². The molecule has 0 radical (unpaired) electrons. The number of nitrogens with one attached hydrogen (secondary N) is 2. The molecule has 2 aromatic carbocycles. The number of halogens is 2. The van der Waals surface area contributed by atoms with Gasteiger partial charge in [-0.15, -0.1) is 0 Å². The Bertz CT molecular complexity index is 677. The molecule has 0 aliphatic carbocycles. The Morgan fingerprint density at radius 3 is 2.65 bits per heavy atom. The molecule has 2 aromatic rings. The SMILES string of the molecule is COc1ccccc1CNCCC(=O)Nc1ccc(Cl)c(Cl)c1. The van der Waals surface area contributed by atoms with E-state index in [2.05, 4.69) is 10.6 Å². The van der Waals surface area contributed by atoms with Gasteiger partial charge in [0.15, 0.2) is 0 Å². The zero-order chi connectivity index (χ0) is 16.7. The molecular weight excluding hydrogens is 335 g/mol. The molecule has 0 heterocycles. The van der Waals surface area contributed by atoms with Gasteiger partial charge in [-0.25, -0.2) is 0 Å². The van der Waals surface area contributed by atoms with E-state index in [1.807, 2.05) is 24.3 Å². The first-order valence-corrected chi connectivity index (χ1v) is 7.93. The van der Waals surface area contributed by atoms with Gasteiger partial charge in [0, 0.05) is 30.8 Å². The van der Waals surface area contributed by atoms with Crippen LogP contribution in [0.3, 0.4) is 0 Å². The Morgan fingerprint density at radius 1 is 1.13 bits per heavy atom. The molecule has 0 fully saturated rings. The summed E-state index contributed by atoms with van der Waals surface area (Å²) >= 11 is 11.8. The highest BCUT2D eigenvalue weighted by molar-refractivity contribution is 6.42. The van der Waals surface area contributed by atoms with Crippen molar-refractivity contribution < 1.29 is 9.53 Å². The molecule has 0 unspecified atom stereocenters. The third-order valence-electron chi connectivity index (χ3n) is 3.24. The number of para-hydroxylation sites is 1. The Hall–Kier alpha value is -1.75. The summed E-state index contributed by atoms with van der Waals surface area (Å²) in [4.78, 5) is 11.9. The van der Waals surface area contributed by atoms with Crippen molar-refractivity contribution in [3.63, 3.8) is 0 Å². The van der Waals surface area contributed by atoms with Crippen LogP contribution in [0, 0.1) is 0 Å². The third kappa shape index (κ3) is 5.43. The second-order valence-electron chi connectivity index (χ2n) is 4.92. The van der Waals surface area contributed by atoms with Crippen LogP contribution in [0.4, 0.5) is 5.69 Å². The maximum atomic E-state index is 11.9. The van der Waals surface area contributed by atoms with Crippen LogP contribution in [0.5, 0.6) is 5.75 Å². The standard InChI is InChI=1S/C17H18Cl2N2O2/c1-23-16-5-3-2-4-12(16)11-20-9-8-17(22)21-13-6-7-14(18)15(19)10-13/h2-7,10,20H,8-9,11H2,1H3,(H,21,22). The molecular formula is C17H18Cl2N2O2. The van der Waals surface area contributed by atoms with Crippen molar-refractivity contribution in [2.24, 2.45) is 0 Å². The van der Waals surface area contributed by atoms with Crippen LogP contribution in [0.15, 0.2) is 42.5 Å². The van der Waals surface area contributed by atoms with E-state index < -0.39 is 0 Å². The molecule has 0 aromatic heterocycles. The number of ether oxygens (including phenoxy) is 1. The smallest absolute Gasteiger partial charge is 0.225 e. The van der Waals surface area contributed by atoms with E-state index in [1.54, 1.807) is 25.3 Å². The summed E-state index contributed by atoms with van der Waals surface area (Å²) in [5.41, 5.74) is 1.69. The summed E-state index contributed by atoms with van der Waals surface area (Å²) in [6, 6.07) is 12.8. The van der Waals surface area contributed by atoms with Crippen molar-refractivity contribution in [2.75, 3.05) is 19.0 Å². The second-order valence-corrected chi connectivity index (χ2v) is 5.73. The highest BCUT2D eigenvalue weighted by atomic mass is 35.5. The first kappa shape index (κ1) is 17.6. The maximum Gasteiger partial charge on any atom is 0.225 e. The van der Waals surface area contributed by atoms with Crippen molar-refractivity contribution in [1.29, 1.82) is 0 Å². The van der Waals surface area contributed by atoms with Crippen LogP contribution in [-0.4, -0.2) is 19.6 Å². The van der Waals surface area contributed by atoms with Gasteiger partial charge >= 0.3 is 0 Å². The molecule has 0 saturated carbocycles. The molecule has 0 saturated heterocycles. The third-order valence-corrected chi connectivity index (χ3v) is 3.98. The number of hydrogen-bond acceptors (Lipinski definition) is 3. The first-order chi connectivity index (χ1) is 11.1. The van der Waals surface area contributed by atoms with Gasteiger partial charge in [-0.05, 0) is 24.3 Å². The second kappa shape index (κ2) is 8.77. The summed E-state index contributed by atoms with van der Waals surface area (Å²) in [5.74, 6) is 0.746. The Labute approximate surface area is 145 Å². The Morgan fingerprint density at radius 2 is 1.91 bits per heavy atom. The Balaban J connectivity index is 1.75. The largest absolute Gasteiger partial charge is 0.496 e. The highest BCUT2D eigenvalue weighted by Crippen LogP contribution is 2.25. The number of benzene rings is 2. The van der Waals surface area contributed by atoms with Crippen LogP contribution < -0.4 is 15.4 Å². The summed E-state index contributed by atoms with van der Waals surface area (Å²) in [6.45, 7) is 1.20. The van der Waals surface area contributed by atoms with Gasteiger partial charge in [-0.3, -0.25) is 4.79 Å². The minimum absolute atomic E-state index is 0.0871. The molecule has 0 bridgehead atoms. The molecule has 0 aliphatic heterocycles. The Kier molecular flexibility index (Phi) is 6.71. The van der Waals surface area contributed by atoms with E-state index in [9.17, 15) is 4.79 Å². The zero-order valence-corrected chi connectivity index (χ0v) is 14.2. The lowest BCUT2D eigenvalue weighted by molar-refractivity contribution is -0.116. The van der Waals surface area contributed by atoms with E-state index in [-0.39, 0.29) is 5.91 Å². The van der Waals surface area contributed by atoms with Crippen LogP contribution in [0.1, 0.15) is 12.0 Å². The molecule has 4 nitrogen and oxygen atoms in total. The van der Waals surface area contributed by atoms with Crippen LogP contribution in [0.25, 0.3) is 0 Å². The van der Waals surface area contributed by atoms with E-state index in [4.69, 9.17) is 27.9 Å². The maximum absolute atomic E-state index is 11.9. The quantitative estimate of drug-likeness (QED) is 0.737. The van der Waals surface area contributed by atoms with Crippen LogP contribution in [0.2, 0.25) is 10.0 Å². The number of methoxy groups -OCH3 is 1. The molecule has 122 valence electrons. The minimum atomic E-state index is -0.0871. The molecule has 2 rings (SSSR count). The predicted octanol–water partition coefficient (Wildman–Crippen LogP) is 4.12. The summed E-state index contributed by atoms with van der Waals surface area (Å²) in [7, 11) is 1.64. The van der Waals surface area contributed by atoms with Crippen molar-refractivity contribution >= 4 is 34.8 Å². The number of carbonyl (C=O) groups is 1. The lowest BCUT2D eigenvalue weighted by Gasteiger charge is -2.10. The van der Waals surface area contributed by atoms with E-state index in [0.29, 0.717) is 35.2 Å². The van der Waals surface area contributed by atoms with Gasteiger partial charge in [0.25, 0.3) is 0 Å². The zero-order valence-electron chi connectivity index (χ0n) is 12.7. The van der Waals surface area contributed by atoms with E-state index in [1.165, 1.54) is 0 Å². The van der Waals surface area contributed by atoms with Crippen LogP contribution in [-0.2, 0) is 11.3 Å². The summed E-state index contributed by atoms with van der Waals surface area (Å²) in [5, 5.41) is 6.89. The molecule has 6 heteroatoms. The number of rotatable bonds is 7. The number of anilines is 1. The molecule has 0 aliphatic rings. The lowest BCUT2D eigenvalue weighted by Crippen LogP contribution is -2.21. The summed E-state index contributed by atoms with van der Waals surface area (Å²) < 4.78 is 5.28.